The van der Waals surface area contributed by atoms with Crippen LogP contribution in [-0.4, -0.2) is 50.6 Å². The number of aliphatic imine (C=N–C) groups is 1. The van der Waals surface area contributed by atoms with Gasteiger partial charge < -0.3 is 20.3 Å². The van der Waals surface area contributed by atoms with Crippen LogP contribution in [0.1, 0.15) is 22.8 Å². The van der Waals surface area contributed by atoms with E-state index in [-0.39, 0.29) is 5.91 Å². The van der Waals surface area contributed by atoms with E-state index in [2.05, 4.69) is 20.5 Å². The molecule has 0 saturated carbocycles. The van der Waals surface area contributed by atoms with Crippen LogP contribution in [0.3, 0.4) is 0 Å². The van der Waals surface area contributed by atoms with E-state index in [0.717, 1.165) is 24.8 Å². The van der Waals surface area contributed by atoms with Gasteiger partial charge in [0.05, 0.1) is 13.7 Å². The summed E-state index contributed by atoms with van der Waals surface area (Å²) in [5.74, 6) is 1.57. The van der Waals surface area contributed by atoms with Crippen molar-refractivity contribution < 1.29 is 9.53 Å². The number of amides is 1. The van der Waals surface area contributed by atoms with Crippen molar-refractivity contribution in [1.82, 2.24) is 15.5 Å². The molecule has 2 rings (SSSR count). The molecular formula is C21H28N4O2. The standard InChI is InChI=1S/C21H28N4O2/c1-4-22-21(25(2)16-17-10-12-19(27-3)13-11-17)24-15-14-23-20(26)18-8-6-5-7-9-18/h5-13H,4,14-16H2,1-3H3,(H,22,24)(H,23,26). The maximum Gasteiger partial charge on any atom is 0.251 e. The number of rotatable bonds is 8. The normalized spacial score (nSPS) is 11.0. The molecule has 6 heteroatoms. The highest BCUT2D eigenvalue weighted by Crippen LogP contribution is 2.12. The Morgan fingerprint density at radius 3 is 2.41 bits per heavy atom. The lowest BCUT2D eigenvalue weighted by molar-refractivity contribution is 0.0955. The zero-order valence-electron chi connectivity index (χ0n) is 16.2. The Labute approximate surface area is 161 Å². The van der Waals surface area contributed by atoms with E-state index < -0.39 is 0 Å². The lowest BCUT2D eigenvalue weighted by Crippen LogP contribution is -2.39. The molecule has 2 aromatic rings. The third-order valence-corrected chi connectivity index (χ3v) is 3.97. The van der Waals surface area contributed by atoms with Crippen LogP contribution < -0.4 is 15.4 Å². The first-order valence-electron chi connectivity index (χ1n) is 9.09. The fraction of sp³-hybridized carbons (Fsp3) is 0.333. The molecule has 0 aromatic heterocycles. The van der Waals surface area contributed by atoms with Gasteiger partial charge in [0.2, 0.25) is 0 Å². The van der Waals surface area contributed by atoms with Gasteiger partial charge in [-0.05, 0) is 36.8 Å². The molecule has 0 aliphatic rings. The van der Waals surface area contributed by atoms with E-state index in [1.165, 1.54) is 5.56 Å². The number of guanidine groups is 1. The van der Waals surface area contributed by atoms with Crippen LogP contribution in [-0.2, 0) is 6.54 Å². The van der Waals surface area contributed by atoms with Gasteiger partial charge in [-0.1, -0.05) is 30.3 Å². The quantitative estimate of drug-likeness (QED) is 0.427. The molecule has 1 amide bonds. The largest absolute Gasteiger partial charge is 0.497 e. The highest BCUT2D eigenvalue weighted by molar-refractivity contribution is 5.94. The van der Waals surface area contributed by atoms with E-state index in [4.69, 9.17) is 4.74 Å². The smallest absolute Gasteiger partial charge is 0.251 e. The average Bonchev–Trinajstić information content (AvgIpc) is 2.71. The number of carbonyl (C=O) groups is 1. The monoisotopic (exact) mass is 368 g/mol. The third-order valence-electron chi connectivity index (χ3n) is 3.97. The minimum absolute atomic E-state index is 0.0811. The number of hydrogen-bond acceptors (Lipinski definition) is 3. The molecule has 0 bridgehead atoms. The molecule has 0 heterocycles. The van der Waals surface area contributed by atoms with Crippen molar-refractivity contribution in [3.8, 4) is 5.75 Å². The average molecular weight is 368 g/mol. The molecule has 27 heavy (non-hydrogen) atoms. The van der Waals surface area contributed by atoms with Crippen LogP contribution in [0, 0.1) is 0 Å². The molecule has 2 aromatic carbocycles. The summed E-state index contributed by atoms with van der Waals surface area (Å²) in [6, 6.07) is 17.2. The maximum absolute atomic E-state index is 12.0. The summed E-state index contributed by atoms with van der Waals surface area (Å²) < 4.78 is 5.19. The number of ether oxygens (including phenoxy) is 1. The van der Waals surface area contributed by atoms with Crippen molar-refractivity contribution in [1.29, 1.82) is 0 Å². The van der Waals surface area contributed by atoms with E-state index >= 15 is 0 Å². The van der Waals surface area contributed by atoms with Gasteiger partial charge in [-0.3, -0.25) is 9.79 Å². The van der Waals surface area contributed by atoms with Crippen molar-refractivity contribution in [2.24, 2.45) is 4.99 Å². The summed E-state index contributed by atoms with van der Waals surface area (Å²) in [4.78, 5) is 18.7. The van der Waals surface area contributed by atoms with Gasteiger partial charge in [0.1, 0.15) is 5.75 Å². The number of hydrogen-bond donors (Lipinski definition) is 2. The minimum Gasteiger partial charge on any atom is -0.497 e. The van der Waals surface area contributed by atoms with Crippen LogP contribution >= 0.6 is 0 Å². The van der Waals surface area contributed by atoms with Crippen molar-refractivity contribution in [2.45, 2.75) is 13.5 Å². The number of nitrogens with one attached hydrogen (secondary N) is 2. The molecule has 0 atom stereocenters. The van der Waals surface area contributed by atoms with Crippen LogP contribution in [0.25, 0.3) is 0 Å². The second-order valence-corrected chi connectivity index (χ2v) is 6.06. The molecule has 0 unspecified atom stereocenters. The Balaban J connectivity index is 1.87. The maximum atomic E-state index is 12.0. The lowest BCUT2D eigenvalue weighted by Gasteiger charge is -2.22. The van der Waals surface area contributed by atoms with Crippen LogP contribution in [0.2, 0.25) is 0 Å². The summed E-state index contributed by atoms with van der Waals surface area (Å²) in [5, 5.41) is 6.18. The molecule has 0 spiro atoms. The Morgan fingerprint density at radius 1 is 1.07 bits per heavy atom. The van der Waals surface area contributed by atoms with Gasteiger partial charge in [0, 0.05) is 32.2 Å². The van der Waals surface area contributed by atoms with Gasteiger partial charge in [0.15, 0.2) is 5.96 Å². The molecular weight excluding hydrogens is 340 g/mol. The topological polar surface area (TPSA) is 66.0 Å². The number of methoxy groups -OCH3 is 1. The molecule has 6 nitrogen and oxygen atoms in total. The fourth-order valence-electron chi connectivity index (χ4n) is 2.57. The zero-order chi connectivity index (χ0) is 19.5. The highest BCUT2D eigenvalue weighted by Gasteiger charge is 2.07. The van der Waals surface area contributed by atoms with Crippen molar-refractivity contribution in [2.75, 3.05) is 33.8 Å². The highest BCUT2D eigenvalue weighted by atomic mass is 16.5. The molecule has 0 aliphatic carbocycles. The van der Waals surface area contributed by atoms with Gasteiger partial charge in [-0.25, -0.2) is 0 Å². The second-order valence-electron chi connectivity index (χ2n) is 6.06. The number of benzene rings is 2. The second kappa shape index (κ2) is 10.9. The van der Waals surface area contributed by atoms with Crippen molar-refractivity contribution in [3.63, 3.8) is 0 Å². The van der Waals surface area contributed by atoms with Crippen molar-refractivity contribution >= 4 is 11.9 Å². The minimum atomic E-state index is -0.0811. The number of nitrogens with zero attached hydrogens (tertiary/aromatic N) is 2. The predicted octanol–water partition coefficient (Wildman–Crippen LogP) is 2.52. The van der Waals surface area contributed by atoms with Gasteiger partial charge in [-0.15, -0.1) is 0 Å². The summed E-state index contributed by atoms with van der Waals surface area (Å²) in [6.07, 6.45) is 0. The van der Waals surface area contributed by atoms with E-state index in [0.29, 0.717) is 18.7 Å². The molecule has 144 valence electrons. The van der Waals surface area contributed by atoms with Gasteiger partial charge >= 0.3 is 0 Å². The number of carbonyl (C=O) groups excluding carboxylic acids is 1. The lowest BCUT2D eigenvalue weighted by atomic mass is 10.2. The molecule has 0 saturated heterocycles. The van der Waals surface area contributed by atoms with Crippen molar-refractivity contribution in [3.05, 3.63) is 65.7 Å². The van der Waals surface area contributed by atoms with E-state index in [1.807, 2.05) is 56.4 Å². The van der Waals surface area contributed by atoms with Gasteiger partial charge in [0.25, 0.3) is 5.91 Å². The Hall–Kier alpha value is -3.02. The Bertz CT molecular complexity index is 730. The SMILES string of the molecule is CCNC(=NCCNC(=O)c1ccccc1)N(C)Cc1ccc(OC)cc1. The first-order chi connectivity index (χ1) is 13.1. The fourth-order valence-corrected chi connectivity index (χ4v) is 2.57. The zero-order valence-corrected chi connectivity index (χ0v) is 16.2. The van der Waals surface area contributed by atoms with E-state index in [1.54, 1.807) is 19.2 Å². The first kappa shape index (κ1) is 20.3. The summed E-state index contributed by atoms with van der Waals surface area (Å²) in [5.41, 5.74) is 1.83. The molecule has 0 fully saturated rings. The van der Waals surface area contributed by atoms with E-state index in [9.17, 15) is 4.79 Å². The Kier molecular flexibility index (Phi) is 8.16. The first-order valence-corrected chi connectivity index (χ1v) is 9.09. The third kappa shape index (κ3) is 6.66. The van der Waals surface area contributed by atoms with Gasteiger partial charge in [-0.2, -0.15) is 0 Å². The summed E-state index contributed by atoms with van der Waals surface area (Å²) in [7, 11) is 3.65. The molecule has 2 N–H and O–H groups in total. The summed E-state index contributed by atoms with van der Waals surface area (Å²) >= 11 is 0. The molecule has 0 aliphatic heterocycles. The Morgan fingerprint density at radius 2 is 1.78 bits per heavy atom. The summed E-state index contributed by atoms with van der Waals surface area (Å²) in [6.45, 7) is 4.54. The molecule has 0 radical (unpaired) electrons. The predicted molar refractivity (Wildman–Crippen MR) is 109 cm³/mol. The van der Waals surface area contributed by atoms with Crippen LogP contribution in [0.4, 0.5) is 0 Å². The van der Waals surface area contributed by atoms with Crippen LogP contribution in [0.15, 0.2) is 59.6 Å². The van der Waals surface area contributed by atoms with Crippen LogP contribution in [0.5, 0.6) is 5.75 Å².